The van der Waals surface area contributed by atoms with Crippen LogP contribution in [0.25, 0.3) is 0 Å². The highest BCUT2D eigenvalue weighted by atomic mass is 35.5. The molecule has 2 rings (SSSR count). The number of rotatable bonds is 5. The van der Waals surface area contributed by atoms with Gasteiger partial charge in [-0.1, -0.05) is 30.9 Å². The average Bonchev–Trinajstić information content (AvgIpc) is 2.40. The number of halogens is 1. The third-order valence-corrected chi connectivity index (χ3v) is 3.91. The van der Waals surface area contributed by atoms with Crippen molar-refractivity contribution in [2.24, 2.45) is 0 Å². The monoisotopic (exact) mass is 267 g/mol. The van der Waals surface area contributed by atoms with E-state index < -0.39 is 0 Å². The molecule has 0 amide bonds. The molecule has 1 aromatic carbocycles. The molecule has 0 aliphatic heterocycles. The van der Waals surface area contributed by atoms with Gasteiger partial charge in [0.25, 0.3) is 0 Å². The molecule has 0 unspecified atom stereocenters. The Morgan fingerprint density at radius 3 is 2.78 bits per heavy atom. The molecule has 1 fully saturated rings. The number of ether oxygens (including phenoxy) is 1. The minimum atomic E-state index is 0.712. The maximum Gasteiger partial charge on any atom is 0.122 e. The van der Waals surface area contributed by atoms with Crippen LogP contribution >= 0.6 is 11.6 Å². The van der Waals surface area contributed by atoms with Gasteiger partial charge in [0.15, 0.2) is 0 Å². The Morgan fingerprint density at radius 1 is 1.28 bits per heavy atom. The van der Waals surface area contributed by atoms with Crippen LogP contribution in [0.3, 0.4) is 0 Å². The molecule has 1 saturated carbocycles. The van der Waals surface area contributed by atoms with E-state index in [0.29, 0.717) is 6.04 Å². The van der Waals surface area contributed by atoms with Gasteiger partial charge >= 0.3 is 0 Å². The molecule has 0 bridgehead atoms. The topological polar surface area (TPSA) is 21.3 Å². The molecule has 0 saturated heterocycles. The van der Waals surface area contributed by atoms with Gasteiger partial charge in [-0.15, -0.1) is 0 Å². The minimum Gasteiger partial charge on any atom is -0.496 e. The predicted molar refractivity (Wildman–Crippen MR) is 76.6 cm³/mol. The van der Waals surface area contributed by atoms with Crippen LogP contribution in [0.2, 0.25) is 5.02 Å². The van der Waals surface area contributed by atoms with E-state index in [4.69, 9.17) is 16.3 Å². The first-order valence-corrected chi connectivity index (χ1v) is 7.23. The lowest BCUT2D eigenvalue weighted by Gasteiger charge is -2.23. The summed E-state index contributed by atoms with van der Waals surface area (Å²) < 4.78 is 5.36. The van der Waals surface area contributed by atoms with Gasteiger partial charge < -0.3 is 10.1 Å². The van der Waals surface area contributed by atoms with Crippen molar-refractivity contribution in [3.63, 3.8) is 0 Å². The molecular weight excluding hydrogens is 246 g/mol. The third-order valence-electron chi connectivity index (χ3n) is 3.67. The molecule has 0 spiro atoms. The van der Waals surface area contributed by atoms with Crippen LogP contribution in [-0.4, -0.2) is 19.7 Å². The zero-order valence-corrected chi connectivity index (χ0v) is 11.8. The minimum absolute atomic E-state index is 0.712. The molecule has 0 atom stereocenters. The standard InChI is InChI=1S/C15H22ClNO/c1-18-15-8-7-13(16)11-12(15)9-10-17-14-5-3-2-4-6-14/h7-8,11,14,17H,2-6,9-10H2,1H3. The first-order valence-electron chi connectivity index (χ1n) is 6.85. The van der Waals surface area contributed by atoms with Crippen molar-refractivity contribution in [2.45, 2.75) is 44.6 Å². The maximum atomic E-state index is 6.03. The molecule has 3 heteroatoms. The van der Waals surface area contributed by atoms with Gasteiger partial charge in [-0.05, 0) is 49.6 Å². The quantitative estimate of drug-likeness (QED) is 0.876. The number of hydrogen-bond donors (Lipinski definition) is 1. The van der Waals surface area contributed by atoms with Crippen molar-refractivity contribution in [2.75, 3.05) is 13.7 Å². The van der Waals surface area contributed by atoms with Crippen molar-refractivity contribution in [3.05, 3.63) is 28.8 Å². The molecule has 18 heavy (non-hydrogen) atoms. The maximum absolute atomic E-state index is 6.03. The summed E-state index contributed by atoms with van der Waals surface area (Å²) in [6.07, 6.45) is 7.77. The highest BCUT2D eigenvalue weighted by molar-refractivity contribution is 6.30. The van der Waals surface area contributed by atoms with E-state index in [1.165, 1.54) is 37.7 Å². The number of benzene rings is 1. The van der Waals surface area contributed by atoms with Crippen LogP contribution in [0.1, 0.15) is 37.7 Å². The fourth-order valence-electron chi connectivity index (χ4n) is 2.66. The fraction of sp³-hybridized carbons (Fsp3) is 0.600. The number of methoxy groups -OCH3 is 1. The highest BCUT2D eigenvalue weighted by Gasteiger charge is 2.12. The van der Waals surface area contributed by atoms with E-state index in [0.717, 1.165) is 23.7 Å². The van der Waals surface area contributed by atoms with Gasteiger partial charge in [-0.25, -0.2) is 0 Å². The second-order valence-electron chi connectivity index (χ2n) is 5.00. The van der Waals surface area contributed by atoms with Crippen LogP contribution in [0.5, 0.6) is 5.75 Å². The van der Waals surface area contributed by atoms with E-state index in [-0.39, 0.29) is 0 Å². The average molecular weight is 268 g/mol. The van der Waals surface area contributed by atoms with Crippen LogP contribution in [0.15, 0.2) is 18.2 Å². The summed E-state index contributed by atoms with van der Waals surface area (Å²) in [6.45, 7) is 1.00. The molecule has 1 aliphatic carbocycles. The summed E-state index contributed by atoms with van der Waals surface area (Å²) in [5.74, 6) is 0.935. The van der Waals surface area contributed by atoms with Crippen LogP contribution < -0.4 is 10.1 Å². The van der Waals surface area contributed by atoms with Gasteiger partial charge in [0.1, 0.15) is 5.75 Å². The van der Waals surface area contributed by atoms with Crippen LogP contribution in [-0.2, 0) is 6.42 Å². The lowest BCUT2D eigenvalue weighted by Crippen LogP contribution is -2.32. The first-order chi connectivity index (χ1) is 8.79. The largest absolute Gasteiger partial charge is 0.496 e. The van der Waals surface area contributed by atoms with Crippen LogP contribution in [0.4, 0.5) is 0 Å². The SMILES string of the molecule is COc1ccc(Cl)cc1CCNC1CCCCC1. The normalized spacial score (nSPS) is 16.8. The Morgan fingerprint density at radius 2 is 2.06 bits per heavy atom. The summed E-state index contributed by atoms with van der Waals surface area (Å²) in [7, 11) is 1.71. The zero-order chi connectivity index (χ0) is 12.8. The zero-order valence-electron chi connectivity index (χ0n) is 11.0. The van der Waals surface area contributed by atoms with Gasteiger partial charge in [-0.3, -0.25) is 0 Å². The van der Waals surface area contributed by atoms with E-state index >= 15 is 0 Å². The number of hydrogen-bond acceptors (Lipinski definition) is 2. The summed E-state index contributed by atoms with van der Waals surface area (Å²) in [5, 5.41) is 4.42. The van der Waals surface area contributed by atoms with E-state index in [9.17, 15) is 0 Å². The summed E-state index contributed by atoms with van der Waals surface area (Å²) in [6, 6.07) is 6.53. The molecule has 1 aliphatic rings. The Kier molecular flexibility index (Phi) is 5.33. The smallest absolute Gasteiger partial charge is 0.122 e. The van der Waals surface area contributed by atoms with Gasteiger partial charge in [0, 0.05) is 11.1 Å². The summed E-state index contributed by atoms with van der Waals surface area (Å²) in [4.78, 5) is 0. The predicted octanol–water partition coefficient (Wildman–Crippen LogP) is 3.81. The fourth-order valence-corrected chi connectivity index (χ4v) is 2.85. The van der Waals surface area contributed by atoms with Gasteiger partial charge in [-0.2, -0.15) is 0 Å². The van der Waals surface area contributed by atoms with Crippen molar-refractivity contribution >= 4 is 11.6 Å². The Bertz CT molecular complexity index is 375. The summed E-state index contributed by atoms with van der Waals surface area (Å²) in [5.41, 5.74) is 1.19. The molecular formula is C15H22ClNO. The molecule has 0 radical (unpaired) electrons. The van der Waals surface area contributed by atoms with Crippen LogP contribution in [0, 0.1) is 0 Å². The lowest BCUT2D eigenvalue weighted by atomic mass is 9.95. The lowest BCUT2D eigenvalue weighted by molar-refractivity contribution is 0.373. The molecule has 0 aromatic heterocycles. The van der Waals surface area contributed by atoms with Crippen molar-refractivity contribution in [1.82, 2.24) is 5.32 Å². The Hall–Kier alpha value is -0.730. The second kappa shape index (κ2) is 7.01. The first kappa shape index (κ1) is 13.7. The Labute approximate surface area is 115 Å². The molecule has 0 heterocycles. The van der Waals surface area contributed by atoms with Gasteiger partial charge in [0.05, 0.1) is 7.11 Å². The van der Waals surface area contributed by atoms with Crippen molar-refractivity contribution in [1.29, 1.82) is 0 Å². The van der Waals surface area contributed by atoms with Gasteiger partial charge in [0.2, 0.25) is 0 Å². The van der Waals surface area contributed by atoms with Crippen molar-refractivity contribution in [3.8, 4) is 5.75 Å². The van der Waals surface area contributed by atoms with E-state index in [1.807, 2.05) is 18.2 Å². The second-order valence-corrected chi connectivity index (χ2v) is 5.43. The molecule has 100 valence electrons. The van der Waals surface area contributed by atoms with Crippen molar-refractivity contribution < 1.29 is 4.74 Å². The molecule has 1 aromatic rings. The molecule has 1 N–H and O–H groups in total. The third kappa shape index (κ3) is 3.89. The highest BCUT2D eigenvalue weighted by Crippen LogP contribution is 2.23. The van der Waals surface area contributed by atoms with E-state index in [1.54, 1.807) is 7.11 Å². The summed E-state index contributed by atoms with van der Waals surface area (Å²) >= 11 is 6.03. The van der Waals surface area contributed by atoms with E-state index in [2.05, 4.69) is 5.32 Å². The Balaban J connectivity index is 1.83. The molecule has 2 nitrogen and oxygen atoms in total. The number of nitrogens with one attached hydrogen (secondary N) is 1.